The second-order valence-corrected chi connectivity index (χ2v) is 8.70. The number of hydrogen-bond acceptors (Lipinski definition) is 4. The van der Waals surface area contributed by atoms with Crippen LogP contribution < -0.4 is 0 Å². The van der Waals surface area contributed by atoms with E-state index in [9.17, 15) is 14.7 Å². The molecule has 0 radical (unpaired) electrons. The summed E-state index contributed by atoms with van der Waals surface area (Å²) in [5.74, 6) is 0.387. The summed E-state index contributed by atoms with van der Waals surface area (Å²) in [7, 11) is 0. The van der Waals surface area contributed by atoms with Crippen molar-refractivity contribution in [3.63, 3.8) is 0 Å². The van der Waals surface area contributed by atoms with Crippen LogP contribution in [0.1, 0.15) is 54.4 Å². The first-order chi connectivity index (χ1) is 13.5. The number of hydrogen-bond donors (Lipinski definition) is 1. The average molecular weight is 386 g/mol. The van der Waals surface area contributed by atoms with Crippen molar-refractivity contribution in [1.82, 2.24) is 9.80 Å². The number of amides is 2. The molecule has 1 aromatic rings. The molecule has 28 heavy (non-hydrogen) atoms. The Morgan fingerprint density at radius 2 is 2.07 bits per heavy atom. The van der Waals surface area contributed by atoms with Crippen LogP contribution >= 0.6 is 0 Å². The van der Waals surface area contributed by atoms with Gasteiger partial charge in [-0.2, -0.15) is 0 Å². The SMILES string of the molecule is Cc1ccc(C(=O)N2CCC3(CCC(=O)N(C[C@H]4CCCO4)C3)CC2)cc1O. The molecule has 3 aliphatic rings. The van der Waals surface area contributed by atoms with Crippen molar-refractivity contribution in [2.45, 2.75) is 51.6 Å². The number of aryl methyl sites for hydroxylation is 1. The molecule has 2 amide bonds. The smallest absolute Gasteiger partial charge is 0.253 e. The van der Waals surface area contributed by atoms with Crippen molar-refractivity contribution < 1.29 is 19.4 Å². The van der Waals surface area contributed by atoms with E-state index in [1.54, 1.807) is 18.2 Å². The molecule has 3 aliphatic heterocycles. The Labute approximate surface area is 166 Å². The van der Waals surface area contributed by atoms with Crippen LogP contribution in [0, 0.1) is 12.3 Å². The van der Waals surface area contributed by atoms with Crippen molar-refractivity contribution in [2.75, 3.05) is 32.8 Å². The maximum Gasteiger partial charge on any atom is 0.253 e. The van der Waals surface area contributed by atoms with E-state index in [0.29, 0.717) is 31.6 Å². The Kier molecular flexibility index (Phi) is 5.32. The van der Waals surface area contributed by atoms with E-state index < -0.39 is 0 Å². The van der Waals surface area contributed by atoms with Crippen molar-refractivity contribution >= 4 is 11.8 Å². The van der Waals surface area contributed by atoms with Gasteiger partial charge in [0, 0.05) is 44.8 Å². The zero-order valence-electron chi connectivity index (χ0n) is 16.7. The van der Waals surface area contributed by atoms with Gasteiger partial charge in [-0.1, -0.05) is 6.07 Å². The summed E-state index contributed by atoms with van der Waals surface area (Å²) >= 11 is 0. The molecule has 0 bridgehead atoms. The average Bonchev–Trinajstić information content (AvgIpc) is 3.20. The second kappa shape index (κ2) is 7.74. The van der Waals surface area contributed by atoms with Gasteiger partial charge >= 0.3 is 0 Å². The van der Waals surface area contributed by atoms with Crippen LogP contribution in [-0.2, 0) is 9.53 Å². The van der Waals surface area contributed by atoms with Crippen LogP contribution in [0.4, 0.5) is 0 Å². The maximum absolute atomic E-state index is 12.8. The summed E-state index contributed by atoms with van der Waals surface area (Å²) in [5, 5.41) is 9.90. The number of phenolic OH excluding ortho intramolecular Hbond substituents is 1. The lowest BCUT2D eigenvalue weighted by molar-refractivity contribution is -0.141. The molecule has 1 aromatic carbocycles. The summed E-state index contributed by atoms with van der Waals surface area (Å²) < 4.78 is 5.73. The topological polar surface area (TPSA) is 70.1 Å². The third-order valence-electron chi connectivity index (χ3n) is 6.76. The van der Waals surface area contributed by atoms with Crippen LogP contribution in [-0.4, -0.2) is 65.6 Å². The van der Waals surface area contributed by atoms with Crippen LogP contribution in [0.15, 0.2) is 18.2 Å². The quantitative estimate of drug-likeness (QED) is 0.867. The van der Waals surface area contributed by atoms with E-state index in [0.717, 1.165) is 50.8 Å². The Hall–Kier alpha value is -2.08. The number of carbonyl (C=O) groups excluding carboxylic acids is 2. The van der Waals surface area contributed by atoms with Crippen molar-refractivity contribution in [3.8, 4) is 5.75 Å². The molecule has 1 spiro atoms. The Morgan fingerprint density at radius 3 is 2.75 bits per heavy atom. The monoisotopic (exact) mass is 386 g/mol. The number of benzene rings is 1. The molecule has 0 unspecified atom stereocenters. The molecular weight excluding hydrogens is 356 g/mol. The number of rotatable bonds is 3. The van der Waals surface area contributed by atoms with Crippen LogP contribution in [0.2, 0.25) is 0 Å². The van der Waals surface area contributed by atoms with Gasteiger partial charge in [0.05, 0.1) is 6.10 Å². The fourth-order valence-electron chi connectivity index (χ4n) is 4.82. The number of piperidine rings is 2. The Morgan fingerprint density at radius 1 is 1.29 bits per heavy atom. The van der Waals surface area contributed by atoms with Gasteiger partial charge in [0.1, 0.15) is 5.75 Å². The summed E-state index contributed by atoms with van der Waals surface area (Å²) in [5.41, 5.74) is 1.43. The first-order valence-corrected chi connectivity index (χ1v) is 10.4. The molecule has 3 saturated heterocycles. The predicted molar refractivity (Wildman–Crippen MR) is 105 cm³/mol. The molecule has 0 saturated carbocycles. The van der Waals surface area contributed by atoms with E-state index >= 15 is 0 Å². The maximum atomic E-state index is 12.8. The first kappa shape index (κ1) is 19.2. The molecular formula is C22H30N2O4. The van der Waals surface area contributed by atoms with Crippen molar-refractivity contribution in [1.29, 1.82) is 0 Å². The zero-order valence-corrected chi connectivity index (χ0v) is 16.7. The van der Waals surface area contributed by atoms with Gasteiger partial charge < -0.3 is 19.6 Å². The molecule has 0 aromatic heterocycles. The predicted octanol–water partition coefficient (Wildman–Crippen LogP) is 2.72. The second-order valence-electron chi connectivity index (χ2n) is 8.70. The molecule has 1 atom stereocenters. The summed E-state index contributed by atoms with van der Waals surface area (Å²) in [6.07, 6.45) is 5.69. The molecule has 1 N–H and O–H groups in total. The first-order valence-electron chi connectivity index (χ1n) is 10.4. The number of nitrogens with zero attached hydrogens (tertiary/aromatic N) is 2. The lowest BCUT2D eigenvalue weighted by Crippen LogP contribution is -2.53. The highest BCUT2D eigenvalue weighted by Gasteiger charge is 2.42. The minimum atomic E-state index is -0.0201. The minimum absolute atomic E-state index is 0.0201. The minimum Gasteiger partial charge on any atom is -0.508 e. The lowest BCUT2D eigenvalue weighted by Gasteiger charge is -2.47. The van der Waals surface area contributed by atoms with Crippen LogP contribution in [0.5, 0.6) is 5.75 Å². The highest BCUT2D eigenvalue weighted by molar-refractivity contribution is 5.94. The lowest BCUT2D eigenvalue weighted by atomic mass is 9.72. The number of phenols is 1. The molecule has 6 heteroatoms. The Balaban J connectivity index is 1.37. The highest BCUT2D eigenvalue weighted by Crippen LogP contribution is 2.40. The molecule has 4 rings (SSSR count). The molecule has 3 heterocycles. The number of carbonyl (C=O) groups is 2. The van der Waals surface area contributed by atoms with Gasteiger partial charge in [0.2, 0.25) is 5.91 Å². The fourth-order valence-corrected chi connectivity index (χ4v) is 4.82. The van der Waals surface area contributed by atoms with Gasteiger partial charge in [0.15, 0.2) is 0 Å². The normalized spacial score (nSPS) is 24.8. The number of likely N-dealkylation sites (tertiary alicyclic amines) is 2. The summed E-state index contributed by atoms with van der Waals surface area (Å²) in [4.78, 5) is 29.1. The largest absolute Gasteiger partial charge is 0.508 e. The van der Waals surface area contributed by atoms with Gasteiger partial charge in [-0.25, -0.2) is 0 Å². The summed E-state index contributed by atoms with van der Waals surface area (Å²) in [6, 6.07) is 5.12. The van der Waals surface area contributed by atoms with E-state index in [1.807, 2.05) is 16.7 Å². The van der Waals surface area contributed by atoms with Gasteiger partial charge in [-0.05, 0) is 62.1 Å². The van der Waals surface area contributed by atoms with Gasteiger partial charge in [-0.15, -0.1) is 0 Å². The zero-order chi connectivity index (χ0) is 19.7. The van der Waals surface area contributed by atoms with E-state index in [1.165, 1.54) is 0 Å². The van der Waals surface area contributed by atoms with E-state index in [4.69, 9.17) is 4.74 Å². The fraction of sp³-hybridized carbons (Fsp3) is 0.636. The molecule has 6 nitrogen and oxygen atoms in total. The van der Waals surface area contributed by atoms with Crippen LogP contribution in [0.3, 0.4) is 0 Å². The molecule has 3 fully saturated rings. The van der Waals surface area contributed by atoms with Crippen LogP contribution in [0.25, 0.3) is 0 Å². The molecule has 0 aliphatic carbocycles. The standard InChI is InChI=1S/C22H30N2O4/c1-16-4-5-17(13-19(16)25)21(27)23-10-8-22(9-11-23)7-6-20(26)24(15-22)14-18-3-2-12-28-18/h4-5,13,18,25H,2-3,6-12,14-15H2,1H3/t18-/m1/s1. The Bertz CT molecular complexity index is 749. The third kappa shape index (κ3) is 3.88. The van der Waals surface area contributed by atoms with E-state index in [2.05, 4.69) is 0 Å². The van der Waals surface area contributed by atoms with E-state index in [-0.39, 0.29) is 29.1 Å². The molecule has 152 valence electrons. The van der Waals surface area contributed by atoms with Crippen molar-refractivity contribution in [2.24, 2.45) is 5.41 Å². The van der Waals surface area contributed by atoms with Gasteiger partial charge in [-0.3, -0.25) is 9.59 Å². The highest BCUT2D eigenvalue weighted by atomic mass is 16.5. The summed E-state index contributed by atoms with van der Waals surface area (Å²) in [6.45, 7) is 5.54. The van der Waals surface area contributed by atoms with Crippen molar-refractivity contribution in [3.05, 3.63) is 29.3 Å². The number of aromatic hydroxyl groups is 1. The number of ether oxygens (including phenoxy) is 1. The third-order valence-corrected chi connectivity index (χ3v) is 6.76. The van der Waals surface area contributed by atoms with Gasteiger partial charge in [0.25, 0.3) is 5.91 Å².